The average molecular weight is 367 g/mol. The van der Waals surface area contributed by atoms with Crippen LogP contribution in [0.5, 0.6) is 0 Å². The first-order chi connectivity index (χ1) is 12.2. The minimum Gasteiger partial charge on any atom is -0.370 e. The number of benzene rings is 1. The summed E-state index contributed by atoms with van der Waals surface area (Å²) in [4.78, 5) is 5.92. The molecule has 2 rings (SSSR count). The van der Waals surface area contributed by atoms with E-state index < -0.39 is 11.7 Å². The Balaban J connectivity index is 2.41. The first-order valence-corrected chi connectivity index (χ1v) is 8.46. The number of nitrogens with two attached hydrogens (primary N) is 1. The fourth-order valence-electron chi connectivity index (χ4n) is 2.80. The fourth-order valence-corrected chi connectivity index (χ4v) is 2.80. The largest absolute Gasteiger partial charge is 0.416 e. The van der Waals surface area contributed by atoms with Gasteiger partial charge in [-0.1, -0.05) is 6.07 Å². The number of aryl methyl sites for hydroxylation is 2. The predicted octanol–water partition coefficient (Wildman–Crippen LogP) is 3.66. The van der Waals surface area contributed by atoms with Crippen LogP contribution in [-0.2, 0) is 12.7 Å². The molecule has 0 saturated carbocycles. The van der Waals surface area contributed by atoms with Crippen LogP contribution in [0.15, 0.2) is 29.3 Å². The van der Waals surface area contributed by atoms with Crippen LogP contribution in [0.25, 0.3) is 5.69 Å². The minimum atomic E-state index is -4.49. The molecule has 1 aromatic carbocycles. The van der Waals surface area contributed by atoms with Gasteiger partial charge in [0.15, 0.2) is 5.96 Å². The van der Waals surface area contributed by atoms with Crippen LogP contribution in [0.2, 0.25) is 0 Å². The van der Waals surface area contributed by atoms with Crippen molar-refractivity contribution in [3.05, 3.63) is 46.8 Å². The van der Waals surface area contributed by atoms with Gasteiger partial charge in [-0.3, -0.25) is 0 Å². The highest BCUT2D eigenvalue weighted by Gasteiger charge is 2.33. The highest BCUT2D eigenvalue weighted by molar-refractivity contribution is 5.78. The number of rotatable bonds is 5. The molecule has 2 N–H and O–H groups in total. The van der Waals surface area contributed by atoms with Gasteiger partial charge in [-0.05, 0) is 51.5 Å². The highest BCUT2D eigenvalue weighted by Crippen LogP contribution is 2.34. The zero-order valence-corrected chi connectivity index (χ0v) is 15.4. The molecule has 0 aliphatic carbocycles. The maximum atomic E-state index is 13.5. The first kappa shape index (κ1) is 19.8. The molecule has 2 aromatic rings. The van der Waals surface area contributed by atoms with Crippen LogP contribution in [0.1, 0.15) is 36.4 Å². The Bertz CT molecular complexity index is 789. The molecule has 0 aliphatic rings. The number of halogens is 3. The lowest BCUT2D eigenvalue weighted by Gasteiger charge is -2.20. The summed E-state index contributed by atoms with van der Waals surface area (Å²) in [5.74, 6) is 0.241. The third kappa shape index (κ3) is 4.36. The summed E-state index contributed by atoms with van der Waals surface area (Å²) >= 11 is 0. The highest BCUT2D eigenvalue weighted by atomic mass is 19.4. The molecule has 5 nitrogen and oxygen atoms in total. The third-order valence-corrected chi connectivity index (χ3v) is 4.15. The Kier molecular flexibility index (Phi) is 5.94. The Labute approximate surface area is 151 Å². The normalized spacial score (nSPS) is 12.5. The minimum absolute atomic E-state index is 0.0814. The lowest BCUT2D eigenvalue weighted by atomic mass is 10.1. The van der Waals surface area contributed by atoms with E-state index in [-0.39, 0.29) is 18.1 Å². The molecule has 26 heavy (non-hydrogen) atoms. The molecule has 0 atom stereocenters. The monoisotopic (exact) mass is 367 g/mol. The molecule has 0 saturated heterocycles. The van der Waals surface area contributed by atoms with Gasteiger partial charge in [0.25, 0.3) is 0 Å². The molecule has 1 heterocycles. The number of alkyl halides is 3. The molecule has 1 aromatic heterocycles. The molecule has 0 spiro atoms. The molecule has 8 heteroatoms. The summed E-state index contributed by atoms with van der Waals surface area (Å²) in [6.45, 7) is 8.59. The Hall–Kier alpha value is -2.51. The van der Waals surface area contributed by atoms with E-state index in [0.29, 0.717) is 18.8 Å². The molecule has 0 unspecified atom stereocenters. The quantitative estimate of drug-likeness (QED) is 0.648. The Morgan fingerprint density at radius 1 is 1.19 bits per heavy atom. The first-order valence-electron chi connectivity index (χ1n) is 8.46. The molecular weight excluding hydrogens is 343 g/mol. The summed E-state index contributed by atoms with van der Waals surface area (Å²) in [6.07, 6.45) is -4.49. The van der Waals surface area contributed by atoms with Gasteiger partial charge >= 0.3 is 6.18 Å². The lowest BCUT2D eigenvalue weighted by Crippen LogP contribution is -2.37. The Morgan fingerprint density at radius 3 is 2.35 bits per heavy atom. The van der Waals surface area contributed by atoms with Crippen molar-refractivity contribution in [3.8, 4) is 5.69 Å². The van der Waals surface area contributed by atoms with Crippen LogP contribution in [0, 0.1) is 13.8 Å². The summed E-state index contributed by atoms with van der Waals surface area (Å²) < 4.78 is 42.1. The maximum Gasteiger partial charge on any atom is 0.416 e. The number of hydrogen-bond donors (Lipinski definition) is 1. The van der Waals surface area contributed by atoms with E-state index in [1.165, 1.54) is 10.7 Å². The van der Waals surface area contributed by atoms with Gasteiger partial charge in [-0.25, -0.2) is 9.67 Å². The van der Waals surface area contributed by atoms with Crippen molar-refractivity contribution in [2.24, 2.45) is 10.7 Å². The van der Waals surface area contributed by atoms with E-state index in [9.17, 15) is 13.2 Å². The van der Waals surface area contributed by atoms with Gasteiger partial charge in [0.1, 0.15) is 0 Å². The standard InChI is InChI=1S/C18H24F3N5/c1-5-25(6-2)17(22)23-11-14-7-8-15(10-16(14)18(19,20)21)26-13(4)9-12(3)24-26/h7-10H,5-6,11H2,1-4H3,(H2,22,23). The van der Waals surface area contributed by atoms with Gasteiger partial charge in [0, 0.05) is 18.8 Å². The second-order valence-corrected chi connectivity index (χ2v) is 6.02. The molecular formula is C18H24F3N5. The zero-order valence-electron chi connectivity index (χ0n) is 15.4. The molecule has 0 fully saturated rings. The number of nitrogens with zero attached hydrogens (tertiary/aromatic N) is 4. The maximum absolute atomic E-state index is 13.5. The number of aliphatic imine (C=N–C) groups is 1. The van der Waals surface area contributed by atoms with Crippen LogP contribution >= 0.6 is 0 Å². The fraction of sp³-hybridized carbons (Fsp3) is 0.444. The average Bonchev–Trinajstić information content (AvgIpc) is 2.91. The van der Waals surface area contributed by atoms with Crippen molar-refractivity contribution in [1.29, 1.82) is 0 Å². The van der Waals surface area contributed by atoms with Crippen LogP contribution in [-0.4, -0.2) is 33.7 Å². The topological polar surface area (TPSA) is 59.4 Å². The summed E-state index contributed by atoms with van der Waals surface area (Å²) in [7, 11) is 0. The van der Waals surface area contributed by atoms with Gasteiger partial charge in [-0.15, -0.1) is 0 Å². The molecule has 0 aliphatic heterocycles. The van der Waals surface area contributed by atoms with Crippen molar-refractivity contribution in [3.63, 3.8) is 0 Å². The van der Waals surface area contributed by atoms with Gasteiger partial charge in [0.05, 0.1) is 23.5 Å². The third-order valence-electron chi connectivity index (χ3n) is 4.15. The summed E-state index contributed by atoms with van der Waals surface area (Å²) in [5.41, 5.74) is 7.11. The SMILES string of the molecule is CCN(CC)C(N)=NCc1ccc(-n2nc(C)cc2C)cc1C(F)(F)F. The van der Waals surface area contributed by atoms with Crippen molar-refractivity contribution < 1.29 is 13.2 Å². The molecule has 0 radical (unpaired) electrons. The van der Waals surface area contributed by atoms with Gasteiger partial charge in [0.2, 0.25) is 0 Å². The smallest absolute Gasteiger partial charge is 0.370 e. The molecule has 142 valence electrons. The number of hydrogen-bond acceptors (Lipinski definition) is 2. The van der Waals surface area contributed by atoms with Crippen LogP contribution in [0.3, 0.4) is 0 Å². The lowest BCUT2D eigenvalue weighted by molar-refractivity contribution is -0.138. The van der Waals surface area contributed by atoms with E-state index in [4.69, 9.17) is 5.73 Å². The summed E-state index contributed by atoms with van der Waals surface area (Å²) in [5, 5.41) is 4.25. The second-order valence-electron chi connectivity index (χ2n) is 6.02. The molecule has 0 bridgehead atoms. The van der Waals surface area contributed by atoms with Crippen LogP contribution < -0.4 is 5.73 Å². The van der Waals surface area contributed by atoms with Crippen LogP contribution in [0.4, 0.5) is 13.2 Å². The predicted molar refractivity (Wildman–Crippen MR) is 96.3 cm³/mol. The number of guanidine groups is 1. The molecule has 0 amide bonds. The van der Waals surface area contributed by atoms with Crippen molar-refractivity contribution >= 4 is 5.96 Å². The van der Waals surface area contributed by atoms with E-state index in [1.54, 1.807) is 24.8 Å². The van der Waals surface area contributed by atoms with Gasteiger partial charge < -0.3 is 10.6 Å². The van der Waals surface area contributed by atoms with E-state index in [0.717, 1.165) is 17.5 Å². The van der Waals surface area contributed by atoms with E-state index >= 15 is 0 Å². The van der Waals surface area contributed by atoms with E-state index in [2.05, 4.69) is 10.1 Å². The van der Waals surface area contributed by atoms with Crippen molar-refractivity contribution in [2.75, 3.05) is 13.1 Å². The second kappa shape index (κ2) is 7.80. The number of aromatic nitrogens is 2. The zero-order chi connectivity index (χ0) is 19.5. The van der Waals surface area contributed by atoms with Crippen molar-refractivity contribution in [1.82, 2.24) is 14.7 Å². The van der Waals surface area contributed by atoms with Gasteiger partial charge in [-0.2, -0.15) is 18.3 Å². The van der Waals surface area contributed by atoms with Crippen molar-refractivity contribution in [2.45, 2.75) is 40.4 Å². The summed E-state index contributed by atoms with van der Waals surface area (Å²) in [6, 6.07) is 5.98. The Morgan fingerprint density at radius 2 is 1.85 bits per heavy atom. The van der Waals surface area contributed by atoms with E-state index in [1.807, 2.05) is 19.9 Å².